The Labute approximate surface area is 105 Å². The molecule has 1 N–H and O–H groups in total. The topological polar surface area (TPSA) is 50.7 Å². The zero-order chi connectivity index (χ0) is 13.0. The molecule has 1 unspecified atom stereocenters. The van der Waals surface area contributed by atoms with Crippen LogP contribution in [0.15, 0.2) is 29.4 Å². The van der Waals surface area contributed by atoms with E-state index < -0.39 is 6.10 Å². The second-order valence-corrected chi connectivity index (χ2v) is 4.11. The van der Waals surface area contributed by atoms with Gasteiger partial charge in [0.15, 0.2) is 0 Å². The summed E-state index contributed by atoms with van der Waals surface area (Å²) >= 11 is 0. The third-order valence-electron chi connectivity index (χ3n) is 2.70. The predicted octanol–water partition coefficient (Wildman–Crippen LogP) is 1.84. The average molecular weight is 250 g/mol. The molecule has 1 aromatic rings. The molecule has 0 fully saturated rings. The van der Waals surface area contributed by atoms with Crippen molar-refractivity contribution in [3.05, 3.63) is 35.6 Å². The third kappa shape index (κ3) is 2.67. The first-order valence-corrected chi connectivity index (χ1v) is 5.97. The molecule has 1 aliphatic rings. The van der Waals surface area contributed by atoms with Crippen LogP contribution in [-0.4, -0.2) is 24.3 Å². The Morgan fingerprint density at radius 3 is 3.06 bits per heavy atom. The number of nitrogens with one attached hydrogen (secondary N) is 1. The SMILES string of the molecule is CCCNC(=O)C1CC(c2ccccc2F)=NO1. The van der Waals surface area contributed by atoms with Crippen molar-refractivity contribution in [1.82, 2.24) is 5.32 Å². The fourth-order valence-corrected chi connectivity index (χ4v) is 1.73. The molecule has 1 heterocycles. The first-order valence-electron chi connectivity index (χ1n) is 5.97. The summed E-state index contributed by atoms with van der Waals surface area (Å²) in [5, 5.41) is 6.52. The molecule has 0 saturated heterocycles. The Bertz CT molecular complexity index is 474. The van der Waals surface area contributed by atoms with Crippen LogP contribution in [0.25, 0.3) is 0 Å². The highest BCUT2D eigenvalue weighted by atomic mass is 19.1. The second kappa shape index (κ2) is 5.62. The van der Waals surface area contributed by atoms with Gasteiger partial charge in [-0.2, -0.15) is 0 Å². The molecule has 0 spiro atoms. The smallest absolute Gasteiger partial charge is 0.264 e. The summed E-state index contributed by atoms with van der Waals surface area (Å²) in [5.41, 5.74) is 0.869. The van der Waals surface area contributed by atoms with Gasteiger partial charge in [0.1, 0.15) is 5.82 Å². The molecule has 1 aromatic carbocycles. The van der Waals surface area contributed by atoms with Crippen LogP contribution in [0.3, 0.4) is 0 Å². The average Bonchev–Trinajstić information content (AvgIpc) is 2.86. The van der Waals surface area contributed by atoms with Crippen molar-refractivity contribution in [2.75, 3.05) is 6.54 Å². The number of hydrogen-bond donors (Lipinski definition) is 1. The molecular formula is C13H15FN2O2. The number of hydrogen-bond acceptors (Lipinski definition) is 3. The molecule has 96 valence electrons. The molecule has 0 radical (unpaired) electrons. The van der Waals surface area contributed by atoms with E-state index in [-0.39, 0.29) is 11.7 Å². The molecule has 0 aromatic heterocycles. The number of oxime groups is 1. The van der Waals surface area contributed by atoms with Crippen LogP contribution in [0, 0.1) is 5.82 Å². The Balaban J connectivity index is 2.00. The number of nitrogens with zero attached hydrogens (tertiary/aromatic N) is 1. The van der Waals surface area contributed by atoms with Gasteiger partial charge in [0.2, 0.25) is 6.10 Å². The van der Waals surface area contributed by atoms with Gasteiger partial charge < -0.3 is 10.2 Å². The van der Waals surface area contributed by atoms with E-state index in [2.05, 4.69) is 10.5 Å². The van der Waals surface area contributed by atoms with E-state index in [1.165, 1.54) is 6.07 Å². The van der Waals surface area contributed by atoms with E-state index in [0.717, 1.165) is 6.42 Å². The fraction of sp³-hybridized carbons (Fsp3) is 0.385. The molecule has 2 rings (SSSR count). The lowest BCUT2D eigenvalue weighted by atomic mass is 10.0. The van der Waals surface area contributed by atoms with Gasteiger partial charge in [-0.1, -0.05) is 30.3 Å². The zero-order valence-electron chi connectivity index (χ0n) is 10.1. The molecular weight excluding hydrogens is 235 g/mol. The van der Waals surface area contributed by atoms with Crippen LogP contribution in [0.1, 0.15) is 25.3 Å². The molecule has 5 heteroatoms. The Hall–Kier alpha value is -1.91. The van der Waals surface area contributed by atoms with Crippen LogP contribution in [-0.2, 0) is 9.63 Å². The molecule has 0 saturated carbocycles. The lowest BCUT2D eigenvalue weighted by Gasteiger charge is -2.08. The summed E-state index contributed by atoms with van der Waals surface area (Å²) in [6.45, 7) is 2.57. The van der Waals surface area contributed by atoms with E-state index in [1.807, 2.05) is 6.92 Å². The van der Waals surface area contributed by atoms with Gasteiger partial charge >= 0.3 is 0 Å². The first-order chi connectivity index (χ1) is 8.72. The maximum Gasteiger partial charge on any atom is 0.264 e. The van der Waals surface area contributed by atoms with Gasteiger partial charge in [-0.05, 0) is 12.5 Å². The summed E-state index contributed by atoms with van der Waals surface area (Å²) in [5.74, 6) is -0.554. The van der Waals surface area contributed by atoms with Crippen molar-refractivity contribution in [2.24, 2.45) is 5.16 Å². The monoisotopic (exact) mass is 250 g/mol. The van der Waals surface area contributed by atoms with E-state index >= 15 is 0 Å². The van der Waals surface area contributed by atoms with Crippen molar-refractivity contribution >= 4 is 11.6 Å². The van der Waals surface area contributed by atoms with Gasteiger partial charge in [-0.3, -0.25) is 4.79 Å². The quantitative estimate of drug-likeness (QED) is 0.886. The highest BCUT2D eigenvalue weighted by molar-refractivity contribution is 6.04. The Kier molecular flexibility index (Phi) is 3.92. The minimum atomic E-state index is -0.647. The summed E-state index contributed by atoms with van der Waals surface area (Å²) in [7, 11) is 0. The standard InChI is InChI=1S/C13H15FN2O2/c1-2-7-15-13(17)12-8-11(16-18-12)9-5-3-4-6-10(9)14/h3-6,12H,2,7-8H2,1H3,(H,15,17). The van der Waals surface area contributed by atoms with Gasteiger partial charge in [0, 0.05) is 18.5 Å². The number of rotatable bonds is 4. The van der Waals surface area contributed by atoms with Gasteiger partial charge in [-0.25, -0.2) is 4.39 Å². The van der Waals surface area contributed by atoms with Crippen LogP contribution >= 0.6 is 0 Å². The Morgan fingerprint density at radius 1 is 1.56 bits per heavy atom. The minimum Gasteiger partial charge on any atom is -0.382 e. The molecule has 18 heavy (non-hydrogen) atoms. The molecule has 0 bridgehead atoms. The molecule has 0 aliphatic carbocycles. The molecule has 1 aliphatic heterocycles. The number of amides is 1. The summed E-state index contributed by atoms with van der Waals surface area (Å²) < 4.78 is 13.5. The minimum absolute atomic E-state index is 0.202. The van der Waals surface area contributed by atoms with Gasteiger partial charge in [0.25, 0.3) is 5.91 Å². The van der Waals surface area contributed by atoms with Crippen LogP contribution in [0.2, 0.25) is 0 Å². The van der Waals surface area contributed by atoms with Crippen molar-refractivity contribution in [1.29, 1.82) is 0 Å². The summed E-state index contributed by atoms with van der Waals surface area (Å²) in [6, 6.07) is 6.33. The largest absolute Gasteiger partial charge is 0.382 e. The molecule has 1 atom stereocenters. The molecule has 1 amide bonds. The zero-order valence-corrected chi connectivity index (χ0v) is 10.1. The highest BCUT2D eigenvalue weighted by Crippen LogP contribution is 2.18. The lowest BCUT2D eigenvalue weighted by molar-refractivity contribution is -0.131. The van der Waals surface area contributed by atoms with E-state index in [0.29, 0.717) is 24.2 Å². The van der Waals surface area contributed by atoms with Crippen LogP contribution in [0.4, 0.5) is 4.39 Å². The third-order valence-corrected chi connectivity index (χ3v) is 2.70. The van der Waals surface area contributed by atoms with E-state index in [4.69, 9.17) is 4.84 Å². The first kappa shape index (κ1) is 12.5. The number of halogens is 1. The van der Waals surface area contributed by atoms with Crippen molar-refractivity contribution in [3.8, 4) is 0 Å². The van der Waals surface area contributed by atoms with Crippen molar-refractivity contribution in [3.63, 3.8) is 0 Å². The number of carbonyl (C=O) groups is 1. The van der Waals surface area contributed by atoms with Crippen molar-refractivity contribution in [2.45, 2.75) is 25.9 Å². The summed E-state index contributed by atoms with van der Waals surface area (Å²) in [4.78, 5) is 16.7. The molecule has 4 nitrogen and oxygen atoms in total. The highest BCUT2D eigenvalue weighted by Gasteiger charge is 2.29. The van der Waals surface area contributed by atoms with Gasteiger partial charge in [-0.15, -0.1) is 0 Å². The lowest BCUT2D eigenvalue weighted by Crippen LogP contribution is -2.35. The maximum absolute atomic E-state index is 13.5. The van der Waals surface area contributed by atoms with Crippen LogP contribution in [0.5, 0.6) is 0 Å². The van der Waals surface area contributed by atoms with E-state index in [9.17, 15) is 9.18 Å². The normalized spacial score (nSPS) is 18.1. The Morgan fingerprint density at radius 2 is 2.33 bits per heavy atom. The van der Waals surface area contributed by atoms with Gasteiger partial charge in [0.05, 0.1) is 5.71 Å². The fourth-order valence-electron chi connectivity index (χ4n) is 1.73. The predicted molar refractivity (Wildman–Crippen MR) is 65.7 cm³/mol. The number of carbonyl (C=O) groups excluding carboxylic acids is 1. The number of benzene rings is 1. The maximum atomic E-state index is 13.5. The summed E-state index contributed by atoms with van der Waals surface area (Å²) in [6.07, 6.45) is 0.516. The van der Waals surface area contributed by atoms with Crippen LogP contribution < -0.4 is 5.32 Å². The second-order valence-electron chi connectivity index (χ2n) is 4.11. The van der Waals surface area contributed by atoms with Crippen molar-refractivity contribution < 1.29 is 14.0 Å². The van der Waals surface area contributed by atoms with E-state index in [1.54, 1.807) is 18.2 Å².